The Morgan fingerprint density at radius 2 is 0.645 bits per heavy atom. The second-order valence-electron chi connectivity index (χ2n) is 17.1. The molecule has 62 heavy (non-hydrogen) atoms. The Hall–Kier alpha value is -7.80. The first-order valence-electron chi connectivity index (χ1n) is 21.8. The number of benzene rings is 11. The Morgan fingerprint density at radius 3 is 1.29 bits per heavy atom. The van der Waals surface area contributed by atoms with E-state index in [9.17, 15) is 0 Å². The molecule has 0 saturated heterocycles. The van der Waals surface area contributed by atoms with E-state index < -0.39 is 0 Å². The molecular weight excluding hydrogens is 745 g/mol. The van der Waals surface area contributed by atoms with Crippen molar-refractivity contribution < 1.29 is 0 Å². The quantitative estimate of drug-likeness (QED) is 0.153. The molecule has 0 N–H and O–H groups in total. The van der Waals surface area contributed by atoms with Gasteiger partial charge in [0.1, 0.15) is 0 Å². The molecule has 0 heterocycles. The Kier molecular flexibility index (Phi) is 7.54. The van der Waals surface area contributed by atoms with Crippen molar-refractivity contribution >= 4 is 75.4 Å². The fourth-order valence-electron chi connectivity index (χ4n) is 11.4. The maximum absolute atomic E-state index is 2.56. The van der Waals surface area contributed by atoms with Gasteiger partial charge in [0.2, 0.25) is 0 Å². The molecule has 13 aromatic carbocycles. The van der Waals surface area contributed by atoms with Gasteiger partial charge in [-0.05, 0) is 162 Å². The zero-order chi connectivity index (χ0) is 41.1. The molecule has 0 bridgehead atoms. The van der Waals surface area contributed by atoms with Crippen molar-refractivity contribution in [2.45, 2.75) is 13.8 Å². The molecule has 0 amide bonds. The van der Waals surface area contributed by atoms with Gasteiger partial charge in [0.25, 0.3) is 0 Å². The summed E-state index contributed by atoms with van der Waals surface area (Å²) in [5, 5.41) is 18.3. The second-order valence-corrected chi connectivity index (χ2v) is 17.1. The van der Waals surface area contributed by atoms with Gasteiger partial charge in [-0.2, -0.15) is 0 Å². The predicted molar refractivity (Wildman–Crippen MR) is 268 cm³/mol. The fourth-order valence-corrected chi connectivity index (χ4v) is 11.4. The summed E-state index contributed by atoms with van der Waals surface area (Å²) in [6.45, 7) is 4.51. The number of aryl methyl sites for hydroxylation is 2. The van der Waals surface area contributed by atoms with Crippen molar-refractivity contribution in [2.75, 3.05) is 0 Å². The molecule has 13 rings (SSSR count). The Labute approximate surface area is 360 Å². The highest BCUT2D eigenvalue weighted by Crippen LogP contribution is 2.57. The number of fused-ring (bicyclic) bond motifs is 8. The minimum atomic E-state index is 1.22. The van der Waals surface area contributed by atoms with Crippen LogP contribution in [0.2, 0.25) is 0 Å². The van der Waals surface area contributed by atoms with E-state index >= 15 is 0 Å². The predicted octanol–water partition coefficient (Wildman–Crippen LogP) is 17.6. The molecule has 0 saturated carbocycles. The first-order chi connectivity index (χ1) is 30.7. The van der Waals surface area contributed by atoms with Crippen molar-refractivity contribution in [3.8, 4) is 55.6 Å². The van der Waals surface area contributed by atoms with Crippen molar-refractivity contribution in [3.63, 3.8) is 0 Å². The van der Waals surface area contributed by atoms with Gasteiger partial charge in [-0.15, -0.1) is 0 Å². The summed E-state index contributed by atoms with van der Waals surface area (Å²) in [5.41, 5.74) is 15.2. The SMILES string of the molecule is Cc1cccc(C)c1-c1ccc2c3c(-c4ccccc4-c4ccccc4)c4c(cc5c6ccccc6c6cccc4c65)c(-c4ccccc4-c4ccccc4)c3c3cccc1c32. The third-order valence-electron chi connectivity index (χ3n) is 13.8. The normalized spacial score (nSPS) is 12.0. The summed E-state index contributed by atoms with van der Waals surface area (Å²) in [7, 11) is 0. The number of hydrogen-bond acceptors (Lipinski definition) is 0. The van der Waals surface area contributed by atoms with Crippen LogP contribution in [0.1, 0.15) is 11.1 Å². The maximum atomic E-state index is 2.56. The fraction of sp³-hybridized carbons (Fsp3) is 0.0323. The lowest BCUT2D eigenvalue weighted by Crippen LogP contribution is -1.94. The second kappa shape index (κ2) is 13.4. The zero-order valence-corrected chi connectivity index (χ0v) is 34.6. The lowest BCUT2D eigenvalue weighted by atomic mass is 9.81. The highest BCUT2D eigenvalue weighted by atomic mass is 14.3. The monoisotopic (exact) mass is 784 g/mol. The third-order valence-corrected chi connectivity index (χ3v) is 13.8. The molecule has 0 radical (unpaired) electrons. The van der Waals surface area contributed by atoms with Crippen LogP contribution in [0.4, 0.5) is 0 Å². The molecule has 0 nitrogen and oxygen atoms in total. The largest absolute Gasteiger partial charge is 0.0622 e. The van der Waals surface area contributed by atoms with Crippen molar-refractivity contribution in [1.82, 2.24) is 0 Å². The molecule has 0 fully saturated rings. The minimum Gasteiger partial charge on any atom is -0.0622 e. The molecule has 0 spiro atoms. The molecule has 0 aliphatic carbocycles. The lowest BCUT2D eigenvalue weighted by Gasteiger charge is -2.22. The molecular formula is C62H40. The summed E-state index contributed by atoms with van der Waals surface area (Å²) in [5.74, 6) is 0. The molecule has 0 heteroatoms. The van der Waals surface area contributed by atoms with Gasteiger partial charge >= 0.3 is 0 Å². The van der Waals surface area contributed by atoms with Gasteiger partial charge in [-0.1, -0.05) is 200 Å². The highest BCUT2D eigenvalue weighted by Gasteiger charge is 2.29. The summed E-state index contributed by atoms with van der Waals surface area (Å²) >= 11 is 0. The van der Waals surface area contributed by atoms with Gasteiger partial charge in [0.05, 0.1) is 0 Å². The van der Waals surface area contributed by atoms with E-state index in [-0.39, 0.29) is 0 Å². The van der Waals surface area contributed by atoms with E-state index in [1.54, 1.807) is 0 Å². The van der Waals surface area contributed by atoms with E-state index in [0.29, 0.717) is 0 Å². The van der Waals surface area contributed by atoms with Gasteiger partial charge < -0.3 is 0 Å². The van der Waals surface area contributed by atoms with E-state index in [1.807, 2.05) is 0 Å². The van der Waals surface area contributed by atoms with Crippen molar-refractivity contribution in [1.29, 1.82) is 0 Å². The minimum absolute atomic E-state index is 1.22. The maximum Gasteiger partial charge on any atom is -0.000696 e. The molecule has 13 aromatic rings. The van der Waals surface area contributed by atoms with Crippen LogP contribution in [0, 0.1) is 13.8 Å². The molecule has 0 atom stereocenters. The molecule has 0 aliphatic rings. The van der Waals surface area contributed by atoms with E-state index in [0.717, 1.165) is 0 Å². The van der Waals surface area contributed by atoms with Gasteiger partial charge in [0.15, 0.2) is 0 Å². The molecule has 0 aliphatic heterocycles. The summed E-state index contributed by atoms with van der Waals surface area (Å²) < 4.78 is 0. The Morgan fingerprint density at radius 1 is 0.210 bits per heavy atom. The lowest BCUT2D eigenvalue weighted by molar-refractivity contribution is 1.39. The van der Waals surface area contributed by atoms with E-state index in [2.05, 4.69) is 220 Å². The van der Waals surface area contributed by atoms with Crippen LogP contribution in [0.15, 0.2) is 206 Å². The van der Waals surface area contributed by atoms with Gasteiger partial charge in [-0.25, -0.2) is 0 Å². The molecule has 288 valence electrons. The smallest absolute Gasteiger partial charge is 0.000696 e. The average Bonchev–Trinajstić information content (AvgIpc) is 3.83. The summed E-state index contributed by atoms with van der Waals surface area (Å²) in [6.07, 6.45) is 0. The van der Waals surface area contributed by atoms with Crippen molar-refractivity contribution in [2.24, 2.45) is 0 Å². The number of hydrogen-bond donors (Lipinski definition) is 0. The summed E-state index contributed by atoms with van der Waals surface area (Å²) in [6, 6.07) is 77.3. The molecule has 0 unspecified atom stereocenters. The first kappa shape index (κ1) is 35.0. The van der Waals surface area contributed by atoms with Crippen LogP contribution >= 0.6 is 0 Å². The Bertz CT molecular complexity index is 3890. The van der Waals surface area contributed by atoms with Crippen LogP contribution < -0.4 is 0 Å². The topological polar surface area (TPSA) is 0 Å². The zero-order valence-electron chi connectivity index (χ0n) is 34.6. The summed E-state index contributed by atoms with van der Waals surface area (Å²) in [4.78, 5) is 0. The van der Waals surface area contributed by atoms with Gasteiger partial charge in [-0.3, -0.25) is 0 Å². The van der Waals surface area contributed by atoms with Crippen LogP contribution in [-0.4, -0.2) is 0 Å². The first-order valence-corrected chi connectivity index (χ1v) is 21.8. The van der Waals surface area contributed by atoms with Crippen LogP contribution in [0.3, 0.4) is 0 Å². The highest BCUT2D eigenvalue weighted by molar-refractivity contribution is 6.45. The van der Waals surface area contributed by atoms with Crippen LogP contribution in [0.25, 0.3) is 131 Å². The standard InChI is InChI=1S/C62H40/c1-37-18-15-19-38(2)55(37)49-34-35-52-56-48(49)31-17-33-51(56)61-58(45-28-13-9-24-41(45)39-20-5-3-6-21-39)54-36-53-44-27-12-11-26-43(44)47-30-16-32-50(57(47)53)59(54)60(62(52)61)46-29-14-10-25-42(46)40-22-7-4-8-23-40/h3-36H,1-2H3. The average molecular weight is 785 g/mol. The van der Waals surface area contributed by atoms with E-state index in [4.69, 9.17) is 0 Å². The molecule has 0 aromatic heterocycles. The van der Waals surface area contributed by atoms with Gasteiger partial charge in [0, 0.05) is 0 Å². The van der Waals surface area contributed by atoms with Crippen LogP contribution in [0.5, 0.6) is 0 Å². The van der Waals surface area contributed by atoms with Crippen molar-refractivity contribution in [3.05, 3.63) is 217 Å². The van der Waals surface area contributed by atoms with E-state index in [1.165, 1.54) is 142 Å². The Balaban J connectivity index is 1.34. The van der Waals surface area contributed by atoms with Crippen LogP contribution in [-0.2, 0) is 0 Å². The number of rotatable bonds is 5. The third kappa shape index (κ3) is 4.84.